The smallest absolute Gasteiger partial charge is 0.224 e. The minimum atomic E-state index is -1.68. The molecule has 1 aliphatic rings. The normalized spacial score (nSPS) is 21.8. The largest absolute Gasteiger partial charge is 0.393 e. The van der Waals surface area contributed by atoms with Crippen molar-refractivity contribution in [2.45, 2.75) is 57.1 Å². The molecular formula is C19H24F3N5O. The minimum absolute atomic E-state index is 0.0817. The van der Waals surface area contributed by atoms with Gasteiger partial charge in [-0.05, 0) is 44.7 Å². The van der Waals surface area contributed by atoms with Gasteiger partial charge in [-0.15, -0.1) is 0 Å². The van der Waals surface area contributed by atoms with Crippen molar-refractivity contribution in [1.29, 1.82) is 0 Å². The van der Waals surface area contributed by atoms with Crippen molar-refractivity contribution in [3.8, 4) is 11.3 Å². The molecule has 2 aromatic heterocycles. The first-order chi connectivity index (χ1) is 13.4. The number of halogens is 3. The second-order valence-electron chi connectivity index (χ2n) is 7.03. The van der Waals surface area contributed by atoms with Gasteiger partial charge in [-0.1, -0.05) is 6.07 Å². The molecule has 0 amide bonds. The van der Waals surface area contributed by atoms with Crippen molar-refractivity contribution in [3.63, 3.8) is 0 Å². The zero-order valence-electron chi connectivity index (χ0n) is 15.6. The highest BCUT2D eigenvalue weighted by Gasteiger charge is 2.22. The second kappa shape index (κ2) is 9.18. The fourth-order valence-corrected chi connectivity index (χ4v) is 3.09. The molecule has 1 saturated carbocycles. The molecule has 1 fully saturated rings. The SMILES string of the molecule is C[C@@H](F)[C@H](F)CNc1ncc(-c2cccc(F)n2)c(N[C@H]2CC[C@H](O)CC2)n1. The first kappa shape index (κ1) is 20.3. The van der Waals surface area contributed by atoms with Crippen molar-refractivity contribution in [1.82, 2.24) is 15.0 Å². The summed E-state index contributed by atoms with van der Waals surface area (Å²) in [7, 11) is 0. The Balaban J connectivity index is 1.83. The van der Waals surface area contributed by atoms with Crippen molar-refractivity contribution < 1.29 is 18.3 Å². The van der Waals surface area contributed by atoms with Gasteiger partial charge < -0.3 is 15.7 Å². The van der Waals surface area contributed by atoms with E-state index < -0.39 is 18.3 Å². The van der Waals surface area contributed by atoms with Gasteiger partial charge in [0.1, 0.15) is 18.2 Å². The summed E-state index contributed by atoms with van der Waals surface area (Å²) in [4.78, 5) is 12.4. The van der Waals surface area contributed by atoms with Crippen LogP contribution in [0.5, 0.6) is 0 Å². The fourth-order valence-electron chi connectivity index (χ4n) is 3.09. The molecule has 6 nitrogen and oxygen atoms in total. The average molecular weight is 395 g/mol. The van der Waals surface area contributed by atoms with E-state index in [0.717, 1.165) is 19.8 Å². The van der Waals surface area contributed by atoms with Gasteiger partial charge in [-0.2, -0.15) is 9.37 Å². The third-order valence-corrected chi connectivity index (χ3v) is 4.77. The molecule has 0 radical (unpaired) electrons. The van der Waals surface area contributed by atoms with Crippen molar-refractivity contribution in [2.75, 3.05) is 17.2 Å². The Labute approximate surface area is 161 Å². The van der Waals surface area contributed by atoms with Gasteiger partial charge in [0, 0.05) is 12.2 Å². The molecule has 2 heterocycles. The maximum Gasteiger partial charge on any atom is 0.224 e. The molecule has 152 valence electrons. The Morgan fingerprint density at radius 2 is 1.93 bits per heavy atom. The first-order valence-electron chi connectivity index (χ1n) is 9.39. The number of hydrogen-bond acceptors (Lipinski definition) is 6. The van der Waals surface area contributed by atoms with Gasteiger partial charge in [0.25, 0.3) is 0 Å². The van der Waals surface area contributed by atoms with Crippen LogP contribution in [0.2, 0.25) is 0 Å². The van der Waals surface area contributed by atoms with Crippen molar-refractivity contribution >= 4 is 11.8 Å². The molecule has 28 heavy (non-hydrogen) atoms. The second-order valence-corrected chi connectivity index (χ2v) is 7.03. The number of anilines is 2. The number of alkyl halides is 2. The number of pyridine rings is 1. The quantitative estimate of drug-likeness (QED) is 0.623. The maximum atomic E-state index is 13.6. The van der Waals surface area contributed by atoms with E-state index in [9.17, 15) is 18.3 Å². The fraction of sp³-hybridized carbons (Fsp3) is 0.526. The Morgan fingerprint density at radius 3 is 2.61 bits per heavy atom. The van der Waals surface area contributed by atoms with Crippen LogP contribution in [0.3, 0.4) is 0 Å². The van der Waals surface area contributed by atoms with Crippen LogP contribution in [0, 0.1) is 5.95 Å². The van der Waals surface area contributed by atoms with E-state index in [-0.39, 0.29) is 24.6 Å². The number of aromatic nitrogens is 3. The average Bonchev–Trinajstić information content (AvgIpc) is 2.68. The first-order valence-corrected chi connectivity index (χ1v) is 9.39. The van der Waals surface area contributed by atoms with Crippen LogP contribution in [-0.4, -0.2) is 51.1 Å². The van der Waals surface area contributed by atoms with Crippen LogP contribution in [0.4, 0.5) is 24.9 Å². The Morgan fingerprint density at radius 1 is 1.18 bits per heavy atom. The predicted molar refractivity (Wildman–Crippen MR) is 101 cm³/mol. The van der Waals surface area contributed by atoms with Crippen LogP contribution >= 0.6 is 0 Å². The zero-order chi connectivity index (χ0) is 20.1. The molecule has 0 unspecified atom stereocenters. The highest BCUT2D eigenvalue weighted by molar-refractivity contribution is 5.72. The van der Waals surface area contributed by atoms with Crippen LogP contribution in [-0.2, 0) is 0 Å². The predicted octanol–water partition coefficient (Wildman–Crippen LogP) is 3.50. The van der Waals surface area contributed by atoms with Gasteiger partial charge in [0.05, 0.1) is 23.9 Å². The summed E-state index contributed by atoms with van der Waals surface area (Å²) >= 11 is 0. The number of rotatable bonds is 7. The molecule has 0 bridgehead atoms. The van der Waals surface area contributed by atoms with Crippen molar-refractivity contribution in [2.24, 2.45) is 0 Å². The lowest BCUT2D eigenvalue weighted by molar-refractivity contribution is 0.126. The number of aliphatic hydroxyl groups is 1. The monoisotopic (exact) mass is 395 g/mol. The van der Waals surface area contributed by atoms with Gasteiger partial charge in [0.15, 0.2) is 0 Å². The molecule has 0 aliphatic heterocycles. The third-order valence-electron chi connectivity index (χ3n) is 4.77. The number of nitrogens with one attached hydrogen (secondary N) is 2. The van der Waals surface area contributed by atoms with Gasteiger partial charge >= 0.3 is 0 Å². The highest BCUT2D eigenvalue weighted by atomic mass is 19.2. The van der Waals surface area contributed by atoms with E-state index >= 15 is 0 Å². The van der Waals surface area contributed by atoms with Crippen LogP contribution in [0.25, 0.3) is 11.3 Å². The Kier molecular flexibility index (Phi) is 6.66. The molecule has 2 aromatic rings. The number of nitrogens with zero attached hydrogens (tertiary/aromatic N) is 3. The summed E-state index contributed by atoms with van der Waals surface area (Å²) in [5.74, 6) is -0.0499. The van der Waals surface area contributed by atoms with E-state index in [1.807, 2.05) is 0 Å². The lowest BCUT2D eigenvalue weighted by Gasteiger charge is -2.27. The summed E-state index contributed by atoms with van der Waals surface area (Å²) in [6.45, 7) is 0.890. The van der Waals surface area contributed by atoms with Gasteiger partial charge in [-0.25, -0.2) is 18.7 Å². The van der Waals surface area contributed by atoms with Gasteiger partial charge in [-0.3, -0.25) is 0 Å². The zero-order valence-corrected chi connectivity index (χ0v) is 15.6. The Bertz CT molecular complexity index is 784. The van der Waals surface area contributed by atoms with Crippen molar-refractivity contribution in [3.05, 3.63) is 30.3 Å². The minimum Gasteiger partial charge on any atom is -0.393 e. The summed E-state index contributed by atoms with van der Waals surface area (Å²) in [6, 6.07) is 4.52. The van der Waals surface area contributed by atoms with E-state index in [1.165, 1.54) is 12.3 Å². The Hall–Kier alpha value is -2.42. The summed E-state index contributed by atoms with van der Waals surface area (Å²) in [5, 5.41) is 15.7. The molecule has 1 aliphatic carbocycles. The lowest BCUT2D eigenvalue weighted by Crippen LogP contribution is -2.29. The molecule has 2 atom stereocenters. The lowest BCUT2D eigenvalue weighted by atomic mass is 9.93. The highest BCUT2D eigenvalue weighted by Crippen LogP contribution is 2.29. The van der Waals surface area contributed by atoms with E-state index in [0.29, 0.717) is 29.9 Å². The molecule has 0 saturated heterocycles. The molecule has 3 rings (SSSR count). The molecule has 0 spiro atoms. The standard InChI is InChI=1S/C19H24F3N5O/c1-11(20)15(21)10-24-19-23-9-14(16-3-2-4-17(22)26-16)18(27-19)25-12-5-7-13(28)8-6-12/h2-4,9,11-13,15,28H,5-8,10H2,1H3,(H2,23,24,25,27)/t11-,12-,13-,15-/m1/s1. The third kappa shape index (κ3) is 5.31. The van der Waals surface area contributed by atoms with E-state index in [4.69, 9.17) is 0 Å². The van der Waals surface area contributed by atoms with Crippen LogP contribution in [0.15, 0.2) is 24.4 Å². The molecule has 3 N–H and O–H groups in total. The molecule has 0 aromatic carbocycles. The van der Waals surface area contributed by atoms with Crippen LogP contribution < -0.4 is 10.6 Å². The number of aliphatic hydroxyl groups excluding tert-OH is 1. The molecular weight excluding hydrogens is 371 g/mol. The van der Waals surface area contributed by atoms with Crippen LogP contribution in [0.1, 0.15) is 32.6 Å². The summed E-state index contributed by atoms with van der Waals surface area (Å²) < 4.78 is 40.1. The topological polar surface area (TPSA) is 83.0 Å². The number of hydrogen-bond donors (Lipinski definition) is 3. The summed E-state index contributed by atoms with van der Waals surface area (Å²) in [6.07, 6.45) is 0.779. The van der Waals surface area contributed by atoms with Gasteiger partial charge in [0.2, 0.25) is 11.9 Å². The maximum absolute atomic E-state index is 13.6. The molecule has 9 heteroatoms. The van der Waals surface area contributed by atoms with E-state index in [2.05, 4.69) is 25.6 Å². The van der Waals surface area contributed by atoms with E-state index in [1.54, 1.807) is 12.1 Å². The summed E-state index contributed by atoms with van der Waals surface area (Å²) in [5.41, 5.74) is 0.873.